The van der Waals surface area contributed by atoms with E-state index in [9.17, 15) is 18.0 Å². The molecule has 1 N–H and O–H groups in total. The lowest BCUT2D eigenvalue weighted by Gasteiger charge is -2.21. The van der Waals surface area contributed by atoms with Gasteiger partial charge in [-0.2, -0.15) is 0 Å². The summed E-state index contributed by atoms with van der Waals surface area (Å²) < 4.78 is 38.3. The summed E-state index contributed by atoms with van der Waals surface area (Å²) in [4.78, 5) is 28.6. The fourth-order valence-electron chi connectivity index (χ4n) is 3.60. The summed E-state index contributed by atoms with van der Waals surface area (Å²) in [5.74, 6) is -0.338. The van der Waals surface area contributed by atoms with Crippen molar-refractivity contribution in [3.05, 3.63) is 84.2 Å². The average molecular weight is 481 g/mol. The molecule has 2 aromatic carbocycles. The summed E-state index contributed by atoms with van der Waals surface area (Å²) in [6.07, 6.45) is 5.92. The lowest BCUT2D eigenvalue weighted by atomic mass is 9.98. The van der Waals surface area contributed by atoms with Gasteiger partial charge >= 0.3 is 5.97 Å². The molecule has 0 atom stereocenters. The molecule has 176 valence electrons. The number of benzene rings is 2. The van der Waals surface area contributed by atoms with Crippen LogP contribution in [0.3, 0.4) is 0 Å². The van der Waals surface area contributed by atoms with Crippen LogP contribution in [0.1, 0.15) is 53.0 Å². The Hall–Kier alpha value is -3.72. The second kappa shape index (κ2) is 10.5. The molecular formula is C25H24N2O6S. The lowest BCUT2D eigenvalue weighted by Crippen LogP contribution is -2.30. The van der Waals surface area contributed by atoms with E-state index < -0.39 is 21.9 Å². The zero-order chi connectivity index (χ0) is 24.0. The molecular weight excluding hydrogens is 456 g/mol. The monoisotopic (exact) mass is 480 g/mol. The molecule has 8 nitrogen and oxygen atoms in total. The number of aromatic nitrogens is 1. The van der Waals surface area contributed by atoms with Crippen LogP contribution in [0.5, 0.6) is 11.5 Å². The first-order valence-corrected chi connectivity index (χ1v) is 12.5. The first-order chi connectivity index (χ1) is 16.4. The number of nitrogens with one attached hydrogen (secondary N) is 1. The number of para-hydroxylation sites is 1. The molecule has 9 heteroatoms. The number of nitrogens with zero attached hydrogens (tertiary/aromatic N) is 1. The van der Waals surface area contributed by atoms with Crippen molar-refractivity contribution >= 4 is 21.9 Å². The number of carbonyl (C=O) groups excluding carboxylic acids is 2. The van der Waals surface area contributed by atoms with Gasteiger partial charge < -0.3 is 9.47 Å². The van der Waals surface area contributed by atoms with Crippen LogP contribution in [0.25, 0.3) is 0 Å². The second-order valence-electron chi connectivity index (χ2n) is 7.92. The van der Waals surface area contributed by atoms with Gasteiger partial charge in [0.25, 0.3) is 15.9 Å². The van der Waals surface area contributed by atoms with Crippen LogP contribution in [0.4, 0.5) is 0 Å². The van der Waals surface area contributed by atoms with Gasteiger partial charge in [0.15, 0.2) is 0 Å². The van der Waals surface area contributed by atoms with Gasteiger partial charge in [-0.25, -0.2) is 22.9 Å². The van der Waals surface area contributed by atoms with Gasteiger partial charge in [0.1, 0.15) is 23.3 Å². The Balaban J connectivity index is 1.37. The molecule has 0 bridgehead atoms. The standard InChI is InChI=1S/C25H24N2O6S/c28-24(18-11-16-23(26-17-18)25(29)33-20-9-5-2-6-10-20)27-34(30,31)22-14-12-21(13-15-22)32-19-7-3-1-4-8-19/h1,3-4,7-8,11-17,20H,2,5-6,9-10H2,(H,27,28). The van der Waals surface area contributed by atoms with Crippen molar-refractivity contribution < 1.29 is 27.5 Å². The fourth-order valence-corrected chi connectivity index (χ4v) is 4.57. The third kappa shape index (κ3) is 5.99. The Kier molecular flexibility index (Phi) is 7.22. The Labute approximate surface area is 198 Å². The van der Waals surface area contributed by atoms with E-state index in [0.717, 1.165) is 38.3 Å². The van der Waals surface area contributed by atoms with Crippen molar-refractivity contribution in [2.75, 3.05) is 0 Å². The molecule has 1 aliphatic carbocycles. The predicted molar refractivity (Wildman–Crippen MR) is 124 cm³/mol. The molecule has 4 rings (SSSR count). The quantitative estimate of drug-likeness (QED) is 0.496. The van der Waals surface area contributed by atoms with Crippen LogP contribution in [-0.2, 0) is 14.8 Å². The van der Waals surface area contributed by atoms with Crippen LogP contribution in [0, 0.1) is 0 Å². The molecule has 1 saturated carbocycles. The van der Waals surface area contributed by atoms with E-state index in [0.29, 0.717) is 11.5 Å². The number of pyridine rings is 1. The molecule has 0 radical (unpaired) electrons. The Morgan fingerprint density at radius 2 is 1.53 bits per heavy atom. The highest BCUT2D eigenvalue weighted by molar-refractivity contribution is 7.90. The van der Waals surface area contributed by atoms with E-state index in [2.05, 4.69) is 4.98 Å². The molecule has 0 unspecified atom stereocenters. The Morgan fingerprint density at radius 3 is 2.18 bits per heavy atom. The number of amides is 1. The summed E-state index contributed by atoms with van der Waals surface area (Å²) >= 11 is 0. The summed E-state index contributed by atoms with van der Waals surface area (Å²) in [6, 6.07) is 17.4. The zero-order valence-electron chi connectivity index (χ0n) is 18.3. The predicted octanol–water partition coefficient (Wildman–Crippen LogP) is 4.48. The molecule has 1 fully saturated rings. The topological polar surface area (TPSA) is 112 Å². The average Bonchev–Trinajstić information content (AvgIpc) is 2.85. The minimum absolute atomic E-state index is 0.00169. The van der Waals surface area contributed by atoms with Gasteiger partial charge in [-0.1, -0.05) is 24.6 Å². The molecule has 0 saturated heterocycles. The van der Waals surface area contributed by atoms with Gasteiger partial charge in [-0.3, -0.25) is 4.79 Å². The highest BCUT2D eigenvalue weighted by atomic mass is 32.2. The van der Waals surface area contributed by atoms with Crippen molar-refractivity contribution in [1.82, 2.24) is 9.71 Å². The number of esters is 1. The van der Waals surface area contributed by atoms with Crippen molar-refractivity contribution in [3.8, 4) is 11.5 Å². The third-order valence-corrected chi connectivity index (χ3v) is 6.75. The summed E-state index contributed by atoms with van der Waals surface area (Å²) in [7, 11) is -4.12. The van der Waals surface area contributed by atoms with E-state index in [1.807, 2.05) is 22.9 Å². The van der Waals surface area contributed by atoms with E-state index >= 15 is 0 Å². The summed E-state index contributed by atoms with van der Waals surface area (Å²) in [6.45, 7) is 0. The van der Waals surface area contributed by atoms with Crippen LogP contribution >= 0.6 is 0 Å². The molecule has 1 aliphatic rings. The van der Waals surface area contributed by atoms with E-state index in [1.54, 1.807) is 12.1 Å². The molecule has 1 aromatic heterocycles. The molecule has 0 spiro atoms. The van der Waals surface area contributed by atoms with E-state index in [-0.39, 0.29) is 22.3 Å². The maximum atomic E-state index is 12.6. The molecule has 34 heavy (non-hydrogen) atoms. The number of rotatable bonds is 7. The highest BCUT2D eigenvalue weighted by Crippen LogP contribution is 2.23. The van der Waals surface area contributed by atoms with Crippen molar-refractivity contribution in [2.45, 2.75) is 43.1 Å². The van der Waals surface area contributed by atoms with Crippen LogP contribution in [0.15, 0.2) is 77.8 Å². The molecule has 3 aromatic rings. The minimum Gasteiger partial charge on any atom is -0.458 e. The first-order valence-electron chi connectivity index (χ1n) is 11.0. The number of ether oxygens (including phenoxy) is 2. The first kappa shape index (κ1) is 23.4. The van der Waals surface area contributed by atoms with Gasteiger partial charge in [0.2, 0.25) is 0 Å². The maximum absolute atomic E-state index is 12.6. The minimum atomic E-state index is -4.12. The SMILES string of the molecule is O=C(NS(=O)(=O)c1ccc(Oc2ccccc2)cc1)c1ccc(C(=O)OC2CCCCC2)nc1. The van der Waals surface area contributed by atoms with Crippen molar-refractivity contribution in [2.24, 2.45) is 0 Å². The molecule has 1 heterocycles. The normalized spacial score (nSPS) is 14.2. The smallest absolute Gasteiger partial charge is 0.357 e. The molecule has 0 aliphatic heterocycles. The van der Waals surface area contributed by atoms with E-state index in [4.69, 9.17) is 9.47 Å². The van der Waals surface area contributed by atoms with Crippen molar-refractivity contribution in [1.29, 1.82) is 0 Å². The second-order valence-corrected chi connectivity index (χ2v) is 9.60. The number of hydrogen-bond acceptors (Lipinski definition) is 7. The van der Waals surface area contributed by atoms with Crippen LogP contribution in [-0.4, -0.2) is 31.4 Å². The van der Waals surface area contributed by atoms with E-state index in [1.165, 1.54) is 36.4 Å². The Bertz CT molecular complexity index is 1240. The fraction of sp³-hybridized carbons (Fsp3) is 0.240. The zero-order valence-corrected chi connectivity index (χ0v) is 19.2. The lowest BCUT2D eigenvalue weighted by molar-refractivity contribution is 0.0204. The van der Waals surface area contributed by atoms with Gasteiger partial charge in [0.05, 0.1) is 10.5 Å². The number of carbonyl (C=O) groups is 2. The highest BCUT2D eigenvalue weighted by Gasteiger charge is 2.22. The molecule has 1 amide bonds. The van der Waals surface area contributed by atoms with Gasteiger partial charge in [0, 0.05) is 6.20 Å². The number of hydrogen-bond donors (Lipinski definition) is 1. The Morgan fingerprint density at radius 1 is 0.853 bits per heavy atom. The van der Waals surface area contributed by atoms with Gasteiger partial charge in [-0.15, -0.1) is 0 Å². The summed E-state index contributed by atoms with van der Waals surface area (Å²) in [5, 5.41) is 0. The third-order valence-electron chi connectivity index (χ3n) is 5.40. The summed E-state index contributed by atoms with van der Waals surface area (Å²) in [5.41, 5.74) is 0.0702. The maximum Gasteiger partial charge on any atom is 0.357 e. The van der Waals surface area contributed by atoms with Crippen molar-refractivity contribution in [3.63, 3.8) is 0 Å². The van der Waals surface area contributed by atoms with Crippen LogP contribution < -0.4 is 9.46 Å². The van der Waals surface area contributed by atoms with Crippen LogP contribution in [0.2, 0.25) is 0 Å². The van der Waals surface area contributed by atoms with Gasteiger partial charge in [-0.05, 0) is 74.2 Å². The number of sulfonamides is 1. The largest absolute Gasteiger partial charge is 0.458 e.